The van der Waals surface area contributed by atoms with Crippen molar-refractivity contribution in [3.8, 4) is 0 Å². The molecular formula is C14H19N3S2. The molecule has 0 amide bonds. The summed E-state index contributed by atoms with van der Waals surface area (Å²) in [6.45, 7) is 3.94. The maximum atomic E-state index is 4.24. The Kier molecular flexibility index (Phi) is 5.42. The lowest BCUT2D eigenvalue weighted by molar-refractivity contribution is 0.702. The molecule has 0 radical (unpaired) electrons. The zero-order valence-corrected chi connectivity index (χ0v) is 12.9. The summed E-state index contributed by atoms with van der Waals surface area (Å²) in [6, 6.07) is 6.37. The van der Waals surface area contributed by atoms with Crippen molar-refractivity contribution in [1.82, 2.24) is 10.6 Å². The summed E-state index contributed by atoms with van der Waals surface area (Å²) in [5, 5.41) is 13.1. The highest BCUT2D eigenvalue weighted by molar-refractivity contribution is 7.09. The first-order chi connectivity index (χ1) is 9.29. The highest BCUT2D eigenvalue weighted by atomic mass is 32.1. The lowest BCUT2D eigenvalue weighted by atomic mass is 10.1. The van der Waals surface area contributed by atoms with Gasteiger partial charge >= 0.3 is 0 Å². The van der Waals surface area contributed by atoms with Crippen LogP contribution in [-0.4, -0.2) is 19.6 Å². The fourth-order valence-electron chi connectivity index (χ4n) is 1.73. The summed E-state index contributed by atoms with van der Waals surface area (Å²) in [5.41, 5.74) is 1.38. The minimum Gasteiger partial charge on any atom is -0.356 e. The van der Waals surface area contributed by atoms with Gasteiger partial charge in [0.25, 0.3) is 0 Å². The number of aliphatic imine (C=N–C) groups is 1. The first-order valence-electron chi connectivity index (χ1n) is 6.28. The highest BCUT2D eigenvalue weighted by Gasteiger charge is 2.06. The van der Waals surface area contributed by atoms with Crippen LogP contribution in [0.1, 0.15) is 23.3 Å². The standard InChI is InChI=1S/C14H19N3S2/c1-11(12-5-7-18-10-12)8-16-14(15-2)17-9-13-4-3-6-19-13/h3-7,10-11H,8-9H2,1-2H3,(H2,15,16,17). The lowest BCUT2D eigenvalue weighted by Gasteiger charge is -2.15. The molecule has 0 saturated heterocycles. The number of nitrogens with zero attached hydrogens (tertiary/aromatic N) is 1. The third-order valence-corrected chi connectivity index (χ3v) is 4.50. The zero-order chi connectivity index (χ0) is 13.5. The monoisotopic (exact) mass is 293 g/mol. The van der Waals surface area contributed by atoms with Gasteiger partial charge in [-0.15, -0.1) is 11.3 Å². The molecule has 0 saturated carbocycles. The van der Waals surface area contributed by atoms with E-state index in [1.807, 2.05) is 0 Å². The van der Waals surface area contributed by atoms with E-state index in [-0.39, 0.29) is 0 Å². The molecule has 0 aromatic carbocycles. The summed E-state index contributed by atoms with van der Waals surface area (Å²) in [5.74, 6) is 1.35. The van der Waals surface area contributed by atoms with Gasteiger partial charge in [-0.1, -0.05) is 13.0 Å². The molecule has 102 valence electrons. The van der Waals surface area contributed by atoms with Gasteiger partial charge < -0.3 is 10.6 Å². The average Bonchev–Trinajstić information content (AvgIpc) is 3.11. The minimum atomic E-state index is 0.492. The summed E-state index contributed by atoms with van der Waals surface area (Å²) in [4.78, 5) is 5.56. The smallest absolute Gasteiger partial charge is 0.191 e. The molecule has 2 rings (SSSR count). The second-order valence-electron chi connectivity index (χ2n) is 4.34. The fraction of sp³-hybridized carbons (Fsp3) is 0.357. The molecule has 0 aliphatic heterocycles. The van der Waals surface area contributed by atoms with E-state index >= 15 is 0 Å². The van der Waals surface area contributed by atoms with Crippen molar-refractivity contribution < 1.29 is 0 Å². The van der Waals surface area contributed by atoms with E-state index in [2.05, 4.69) is 56.9 Å². The maximum absolute atomic E-state index is 4.24. The fourth-order valence-corrected chi connectivity index (χ4v) is 3.15. The molecule has 2 N–H and O–H groups in total. The molecule has 0 aliphatic rings. The van der Waals surface area contributed by atoms with E-state index in [0.717, 1.165) is 19.0 Å². The quantitative estimate of drug-likeness (QED) is 0.655. The third kappa shape index (κ3) is 4.36. The van der Waals surface area contributed by atoms with Gasteiger partial charge in [-0.25, -0.2) is 0 Å². The third-order valence-electron chi connectivity index (χ3n) is 2.92. The molecule has 5 heteroatoms. The van der Waals surface area contributed by atoms with Gasteiger partial charge in [-0.05, 0) is 39.8 Å². The van der Waals surface area contributed by atoms with Crippen LogP contribution in [0.15, 0.2) is 39.3 Å². The van der Waals surface area contributed by atoms with Crippen LogP contribution in [0.5, 0.6) is 0 Å². The first kappa shape index (κ1) is 14.1. The molecule has 2 aromatic heterocycles. The predicted octanol–water partition coefficient (Wildman–Crippen LogP) is 3.28. The Hall–Kier alpha value is -1.33. The van der Waals surface area contributed by atoms with Crippen molar-refractivity contribution in [2.24, 2.45) is 4.99 Å². The highest BCUT2D eigenvalue weighted by Crippen LogP contribution is 2.17. The average molecular weight is 293 g/mol. The van der Waals surface area contributed by atoms with Gasteiger partial charge in [0, 0.05) is 18.5 Å². The minimum absolute atomic E-state index is 0.492. The van der Waals surface area contributed by atoms with Crippen molar-refractivity contribution in [3.05, 3.63) is 44.8 Å². The molecule has 2 heterocycles. The summed E-state index contributed by atoms with van der Waals surface area (Å²) in [7, 11) is 1.80. The number of guanidine groups is 1. The zero-order valence-electron chi connectivity index (χ0n) is 11.2. The summed E-state index contributed by atoms with van der Waals surface area (Å²) < 4.78 is 0. The van der Waals surface area contributed by atoms with Crippen molar-refractivity contribution in [2.45, 2.75) is 19.4 Å². The molecule has 2 aromatic rings. The van der Waals surface area contributed by atoms with E-state index < -0.39 is 0 Å². The van der Waals surface area contributed by atoms with Crippen LogP contribution in [0.2, 0.25) is 0 Å². The van der Waals surface area contributed by atoms with Gasteiger partial charge in [0.15, 0.2) is 5.96 Å². The Labute approximate surface area is 122 Å². The number of hydrogen-bond acceptors (Lipinski definition) is 3. The van der Waals surface area contributed by atoms with E-state index in [1.165, 1.54) is 10.4 Å². The van der Waals surface area contributed by atoms with E-state index in [1.54, 1.807) is 29.7 Å². The lowest BCUT2D eigenvalue weighted by Crippen LogP contribution is -2.38. The normalized spacial score (nSPS) is 13.3. The van der Waals surface area contributed by atoms with Gasteiger partial charge in [-0.3, -0.25) is 4.99 Å². The molecule has 0 spiro atoms. The second kappa shape index (κ2) is 7.31. The van der Waals surface area contributed by atoms with Gasteiger partial charge in [0.1, 0.15) is 0 Å². The Balaban J connectivity index is 1.76. The van der Waals surface area contributed by atoms with Crippen LogP contribution in [0, 0.1) is 0 Å². The van der Waals surface area contributed by atoms with Crippen LogP contribution < -0.4 is 10.6 Å². The number of hydrogen-bond donors (Lipinski definition) is 2. The SMILES string of the molecule is CN=C(NCc1cccs1)NCC(C)c1ccsc1. The van der Waals surface area contributed by atoms with Gasteiger partial charge in [0.05, 0.1) is 6.54 Å². The Morgan fingerprint density at radius 2 is 2.21 bits per heavy atom. The molecule has 1 atom stereocenters. The van der Waals surface area contributed by atoms with Gasteiger partial charge in [-0.2, -0.15) is 11.3 Å². The maximum Gasteiger partial charge on any atom is 0.191 e. The van der Waals surface area contributed by atoms with Crippen LogP contribution >= 0.6 is 22.7 Å². The molecule has 19 heavy (non-hydrogen) atoms. The van der Waals surface area contributed by atoms with Crippen molar-refractivity contribution >= 4 is 28.6 Å². The summed E-state index contributed by atoms with van der Waals surface area (Å²) in [6.07, 6.45) is 0. The number of nitrogens with one attached hydrogen (secondary N) is 2. The van der Waals surface area contributed by atoms with E-state index in [4.69, 9.17) is 0 Å². The number of rotatable bonds is 5. The number of thiophene rings is 2. The molecule has 0 bridgehead atoms. The Morgan fingerprint density at radius 1 is 1.32 bits per heavy atom. The van der Waals surface area contributed by atoms with E-state index in [0.29, 0.717) is 5.92 Å². The second-order valence-corrected chi connectivity index (χ2v) is 6.16. The van der Waals surface area contributed by atoms with Crippen molar-refractivity contribution in [1.29, 1.82) is 0 Å². The Bertz CT molecular complexity index is 489. The van der Waals surface area contributed by atoms with Crippen LogP contribution in [0.25, 0.3) is 0 Å². The summed E-state index contributed by atoms with van der Waals surface area (Å²) >= 11 is 3.50. The van der Waals surface area contributed by atoms with Crippen LogP contribution in [0.3, 0.4) is 0 Å². The van der Waals surface area contributed by atoms with Crippen LogP contribution in [0.4, 0.5) is 0 Å². The van der Waals surface area contributed by atoms with E-state index in [9.17, 15) is 0 Å². The van der Waals surface area contributed by atoms with Crippen LogP contribution in [-0.2, 0) is 6.54 Å². The van der Waals surface area contributed by atoms with Crippen molar-refractivity contribution in [2.75, 3.05) is 13.6 Å². The predicted molar refractivity (Wildman–Crippen MR) is 85.3 cm³/mol. The van der Waals surface area contributed by atoms with Gasteiger partial charge in [0.2, 0.25) is 0 Å². The molecule has 3 nitrogen and oxygen atoms in total. The Morgan fingerprint density at radius 3 is 2.84 bits per heavy atom. The first-order valence-corrected chi connectivity index (χ1v) is 8.11. The van der Waals surface area contributed by atoms with Crippen molar-refractivity contribution in [3.63, 3.8) is 0 Å². The molecule has 1 unspecified atom stereocenters. The molecular weight excluding hydrogens is 274 g/mol. The molecule has 0 fully saturated rings. The molecule has 0 aliphatic carbocycles. The topological polar surface area (TPSA) is 36.4 Å². The largest absolute Gasteiger partial charge is 0.356 e.